The summed E-state index contributed by atoms with van der Waals surface area (Å²) in [5.74, 6) is 0.671. The summed E-state index contributed by atoms with van der Waals surface area (Å²) in [6.07, 6.45) is 5.77. The number of imidazole rings is 1. The lowest BCUT2D eigenvalue weighted by Crippen LogP contribution is -2.34. The lowest BCUT2D eigenvalue weighted by Gasteiger charge is -2.25. The predicted molar refractivity (Wildman–Crippen MR) is 113 cm³/mol. The highest BCUT2D eigenvalue weighted by molar-refractivity contribution is 5.86. The summed E-state index contributed by atoms with van der Waals surface area (Å²) in [5.41, 5.74) is 3.36. The number of rotatable bonds is 3. The summed E-state index contributed by atoms with van der Waals surface area (Å²) >= 11 is 0. The summed E-state index contributed by atoms with van der Waals surface area (Å²) in [6, 6.07) is 10.1. The first-order valence-corrected chi connectivity index (χ1v) is 9.91. The molecule has 0 unspecified atom stereocenters. The number of pyridine rings is 1. The highest BCUT2D eigenvalue weighted by Gasteiger charge is 2.17. The standard InChI is InChI=1S/C22H23N5O2/c1-14-13-27-21(24-14)20(29-2)12-19(25-27)16-3-4-18-15(11-16)7-10-26(22(18)28)17-5-8-23-9-6-17/h3-4,7,10-13,17,23H,5-6,8-9H2,1-2H3. The fourth-order valence-electron chi connectivity index (χ4n) is 4.15. The molecule has 3 aromatic heterocycles. The first kappa shape index (κ1) is 17.9. The van der Waals surface area contributed by atoms with Crippen LogP contribution >= 0.6 is 0 Å². The zero-order valence-electron chi connectivity index (χ0n) is 16.6. The van der Waals surface area contributed by atoms with Gasteiger partial charge in [-0.15, -0.1) is 0 Å². The normalized spacial score (nSPS) is 15.2. The Hall–Kier alpha value is -3.19. The van der Waals surface area contributed by atoms with Crippen LogP contribution in [0.3, 0.4) is 0 Å². The van der Waals surface area contributed by atoms with Crippen molar-refractivity contribution >= 4 is 16.4 Å². The summed E-state index contributed by atoms with van der Waals surface area (Å²) in [5, 5.41) is 9.68. The monoisotopic (exact) mass is 389 g/mol. The van der Waals surface area contributed by atoms with Crippen LogP contribution in [0, 0.1) is 6.92 Å². The maximum atomic E-state index is 13.0. The molecule has 0 spiro atoms. The van der Waals surface area contributed by atoms with Crippen molar-refractivity contribution in [1.82, 2.24) is 24.5 Å². The number of hydrogen-bond donors (Lipinski definition) is 1. The highest BCUT2D eigenvalue weighted by atomic mass is 16.5. The Labute approximate surface area is 167 Å². The summed E-state index contributed by atoms with van der Waals surface area (Å²) in [7, 11) is 1.63. The summed E-state index contributed by atoms with van der Waals surface area (Å²) in [6.45, 7) is 3.84. The van der Waals surface area contributed by atoms with E-state index in [1.807, 2.05) is 54.2 Å². The number of methoxy groups -OCH3 is 1. The molecule has 0 amide bonds. The van der Waals surface area contributed by atoms with Crippen molar-refractivity contribution in [3.05, 3.63) is 58.8 Å². The second-order valence-electron chi connectivity index (χ2n) is 7.56. The number of piperidine rings is 1. The van der Waals surface area contributed by atoms with Gasteiger partial charge in [-0.1, -0.05) is 6.07 Å². The molecule has 4 heterocycles. The molecule has 0 aliphatic carbocycles. The molecule has 1 aromatic carbocycles. The number of benzene rings is 1. The van der Waals surface area contributed by atoms with Gasteiger partial charge in [0.2, 0.25) is 0 Å². The third kappa shape index (κ3) is 3.07. The molecule has 7 heteroatoms. The van der Waals surface area contributed by atoms with Crippen molar-refractivity contribution in [2.45, 2.75) is 25.8 Å². The number of hydrogen-bond acceptors (Lipinski definition) is 5. The largest absolute Gasteiger partial charge is 0.493 e. The van der Waals surface area contributed by atoms with Crippen molar-refractivity contribution in [3.63, 3.8) is 0 Å². The molecule has 148 valence electrons. The van der Waals surface area contributed by atoms with E-state index in [2.05, 4.69) is 15.4 Å². The van der Waals surface area contributed by atoms with Crippen molar-refractivity contribution < 1.29 is 4.74 Å². The van der Waals surface area contributed by atoms with Gasteiger partial charge in [-0.2, -0.15) is 5.10 Å². The number of nitrogens with zero attached hydrogens (tertiary/aromatic N) is 4. The number of nitrogens with one attached hydrogen (secondary N) is 1. The smallest absolute Gasteiger partial charge is 0.258 e. The van der Waals surface area contributed by atoms with Crippen molar-refractivity contribution in [1.29, 1.82) is 0 Å². The summed E-state index contributed by atoms with van der Waals surface area (Å²) in [4.78, 5) is 17.5. The molecule has 1 aliphatic rings. The Kier molecular flexibility index (Phi) is 4.32. The van der Waals surface area contributed by atoms with Crippen LogP contribution in [0.5, 0.6) is 5.75 Å². The first-order chi connectivity index (χ1) is 14.1. The van der Waals surface area contributed by atoms with Crippen molar-refractivity contribution in [2.75, 3.05) is 20.2 Å². The predicted octanol–water partition coefficient (Wildman–Crippen LogP) is 2.95. The molecule has 29 heavy (non-hydrogen) atoms. The first-order valence-electron chi connectivity index (χ1n) is 9.91. The summed E-state index contributed by atoms with van der Waals surface area (Å²) < 4.78 is 9.14. The van der Waals surface area contributed by atoms with Gasteiger partial charge in [0.25, 0.3) is 5.56 Å². The van der Waals surface area contributed by atoms with E-state index < -0.39 is 0 Å². The molecule has 0 atom stereocenters. The fourth-order valence-corrected chi connectivity index (χ4v) is 4.15. The number of aryl methyl sites for hydroxylation is 1. The average molecular weight is 389 g/mol. The third-order valence-electron chi connectivity index (χ3n) is 5.66. The highest BCUT2D eigenvalue weighted by Crippen LogP contribution is 2.28. The van der Waals surface area contributed by atoms with Crippen LogP contribution in [0.25, 0.3) is 27.7 Å². The second-order valence-corrected chi connectivity index (χ2v) is 7.56. The van der Waals surface area contributed by atoms with E-state index in [4.69, 9.17) is 4.74 Å². The van der Waals surface area contributed by atoms with Gasteiger partial charge in [-0.25, -0.2) is 9.50 Å². The van der Waals surface area contributed by atoms with Crippen LogP contribution in [-0.2, 0) is 0 Å². The molecular formula is C22H23N5O2. The van der Waals surface area contributed by atoms with Crippen molar-refractivity contribution in [2.24, 2.45) is 0 Å². The molecule has 1 saturated heterocycles. The lowest BCUT2D eigenvalue weighted by molar-refractivity contribution is 0.362. The van der Waals surface area contributed by atoms with E-state index in [-0.39, 0.29) is 11.6 Å². The van der Waals surface area contributed by atoms with Gasteiger partial charge in [0.15, 0.2) is 11.4 Å². The van der Waals surface area contributed by atoms with Crippen LogP contribution < -0.4 is 15.6 Å². The topological polar surface area (TPSA) is 73.5 Å². The van der Waals surface area contributed by atoms with E-state index in [0.29, 0.717) is 11.4 Å². The third-order valence-corrected chi connectivity index (χ3v) is 5.66. The second kappa shape index (κ2) is 7.00. The molecule has 1 aliphatic heterocycles. The van der Waals surface area contributed by atoms with E-state index in [1.165, 1.54) is 0 Å². The average Bonchev–Trinajstić information content (AvgIpc) is 3.13. The molecular weight excluding hydrogens is 366 g/mol. The van der Waals surface area contributed by atoms with Gasteiger partial charge in [0, 0.05) is 29.3 Å². The minimum atomic E-state index is 0.0761. The minimum absolute atomic E-state index is 0.0761. The Morgan fingerprint density at radius 1 is 1.17 bits per heavy atom. The minimum Gasteiger partial charge on any atom is -0.493 e. The molecule has 4 aromatic rings. The molecule has 1 fully saturated rings. The molecule has 5 rings (SSSR count). The van der Waals surface area contributed by atoms with Gasteiger partial charge < -0.3 is 14.6 Å². The molecule has 0 saturated carbocycles. The van der Waals surface area contributed by atoms with Crippen LogP contribution in [0.2, 0.25) is 0 Å². The lowest BCUT2D eigenvalue weighted by atomic mass is 10.0. The van der Waals surface area contributed by atoms with Gasteiger partial charge in [-0.3, -0.25) is 4.79 Å². The zero-order chi connectivity index (χ0) is 20.0. The molecule has 0 bridgehead atoms. The van der Waals surface area contributed by atoms with E-state index in [1.54, 1.807) is 11.6 Å². The van der Waals surface area contributed by atoms with Crippen LogP contribution in [0.1, 0.15) is 24.6 Å². The molecule has 1 N–H and O–H groups in total. The SMILES string of the molecule is COc1cc(-c2ccc3c(=O)n(C4CCNCC4)ccc3c2)nn2cc(C)nc12. The maximum absolute atomic E-state index is 13.0. The maximum Gasteiger partial charge on any atom is 0.258 e. The number of fused-ring (bicyclic) bond motifs is 2. The Morgan fingerprint density at radius 2 is 2.00 bits per heavy atom. The Balaban J connectivity index is 1.60. The van der Waals surface area contributed by atoms with E-state index in [9.17, 15) is 4.79 Å². The van der Waals surface area contributed by atoms with Crippen LogP contribution in [0.4, 0.5) is 0 Å². The van der Waals surface area contributed by atoms with E-state index >= 15 is 0 Å². The molecule has 7 nitrogen and oxygen atoms in total. The Morgan fingerprint density at radius 3 is 2.79 bits per heavy atom. The fraction of sp³-hybridized carbons (Fsp3) is 0.318. The van der Waals surface area contributed by atoms with Gasteiger partial charge >= 0.3 is 0 Å². The zero-order valence-corrected chi connectivity index (χ0v) is 16.6. The van der Waals surface area contributed by atoms with Crippen LogP contribution in [0.15, 0.2) is 47.5 Å². The number of ether oxygens (including phenoxy) is 1. The van der Waals surface area contributed by atoms with Crippen LogP contribution in [-0.4, -0.2) is 39.4 Å². The quantitative estimate of drug-likeness (QED) is 0.583. The van der Waals surface area contributed by atoms with E-state index in [0.717, 1.165) is 53.7 Å². The Bertz CT molecular complexity index is 1270. The van der Waals surface area contributed by atoms with Gasteiger partial charge in [0.1, 0.15) is 0 Å². The van der Waals surface area contributed by atoms with Gasteiger partial charge in [-0.05, 0) is 56.4 Å². The number of aromatic nitrogens is 4. The van der Waals surface area contributed by atoms with Gasteiger partial charge in [0.05, 0.1) is 24.7 Å². The van der Waals surface area contributed by atoms with Crippen molar-refractivity contribution in [3.8, 4) is 17.0 Å². The molecule has 0 radical (unpaired) electrons.